The van der Waals surface area contributed by atoms with E-state index in [2.05, 4.69) is 4.84 Å². The highest BCUT2D eigenvalue weighted by Crippen LogP contribution is 2.27. The van der Waals surface area contributed by atoms with Crippen molar-refractivity contribution in [1.29, 1.82) is 0 Å². The van der Waals surface area contributed by atoms with E-state index in [9.17, 15) is 5.11 Å². The van der Waals surface area contributed by atoms with E-state index >= 15 is 0 Å². The lowest BCUT2D eigenvalue weighted by Gasteiger charge is -2.05. The van der Waals surface area contributed by atoms with Crippen LogP contribution in [0.3, 0.4) is 0 Å². The normalized spacial score (nSPS) is 14.5. The molecule has 1 aliphatic rings. The second kappa shape index (κ2) is 3.33. The van der Waals surface area contributed by atoms with Crippen LogP contribution in [0.5, 0.6) is 5.75 Å². The molecule has 0 bridgehead atoms. The van der Waals surface area contributed by atoms with Crippen LogP contribution in [0.4, 0.5) is 0 Å². The standard InChI is InChI=1S/C9H11NO3/c10-13-5-8-1-6-3-12-4-7(6)2-9(8)11/h1-2,11H,3-5,10H2. The fourth-order valence-corrected chi connectivity index (χ4v) is 1.47. The molecule has 1 aliphatic heterocycles. The van der Waals surface area contributed by atoms with E-state index in [4.69, 9.17) is 10.6 Å². The molecule has 0 spiro atoms. The maximum atomic E-state index is 9.51. The van der Waals surface area contributed by atoms with Crippen LogP contribution in [-0.2, 0) is 29.4 Å². The number of hydrogen-bond donors (Lipinski definition) is 2. The molecule has 3 N–H and O–H groups in total. The molecule has 0 unspecified atom stereocenters. The summed E-state index contributed by atoms with van der Waals surface area (Å²) in [6, 6.07) is 3.57. The molecule has 13 heavy (non-hydrogen) atoms. The molecule has 1 aromatic carbocycles. The van der Waals surface area contributed by atoms with E-state index in [0.717, 1.165) is 11.1 Å². The third kappa shape index (κ3) is 1.51. The average Bonchev–Trinajstić information content (AvgIpc) is 2.52. The molecule has 0 aliphatic carbocycles. The Kier molecular flexibility index (Phi) is 2.18. The smallest absolute Gasteiger partial charge is 0.121 e. The van der Waals surface area contributed by atoms with Crippen molar-refractivity contribution in [2.45, 2.75) is 19.8 Å². The average molecular weight is 181 g/mol. The van der Waals surface area contributed by atoms with Crippen molar-refractivity contribution in [3.8, 4) is 5.75 Å². The lowest BCUT2D eigenvalue weighted by molar-refractivity contribution is 0.122. The summed E-state index contributed by atoms with van der Waals surface area (Å²) in [6.07, 6.45) is 0. The number of phenolic OH excluding ortho intramolecular Hbond substituents is 1. The van der Waals surface area contributed by atoms with Gasteiger partial charge in [0.05, 0.1) is 19.8 Å². The highest BCUT2D eigenvalue weighted by molar-refractivity contribution is 5.42. The summed E-state index contributed by atoms with van der Waals surface area (Å²) in [5.41, 5.74) is 2.84. The Morgan fingerprint density at radius 2 is 2.08 bits per heavy atom. The minimum Gasteiger partial charge on any atom is -0.508 e. The van der Waals surface area contributed by atoms with Crippen LogP contribution in [-0.4, -0.2) is 5.11 Å². The molecular weight excluding hydrogens is 170 g/mol. The molecule has 2 rings (SSSR count). The Bertz CT molecular complexity index is 325. The van der Waals surface area contributed by atoms with Crippen LogP contribution in [0.25, 0.3) is 0 Å². The lowest BCUT2D eigenvalue weighted by atomic mass is 10.1. The maximum Gasteiger partial charge on any atom is 0.121 e. The molecule has 0 fully saturated rings. The number of nitrogens with two attached hydrogens (primary N) is 1. The van der Waals surface area contributed by atoms with Gasteiger partial charge in [0.2, 0.25) is 0 Å². The van der Waals surface area contributed by atoms with Crippen LogP contribution in [0.15, 0.2) is 12.1 Å². The minimum absolute atomic E-state index is 0.217. The van der Waals surface area contributed by atoms with E-state index < -0.39 is 0 Å². The van der Waals surface area contributed by atoms with Crippen LogP contribution >= 0.6 is 0 Å². The number of fused-ring (bicyclic) bond motifs is 1. The molecule has 0 saturated heterocycles. The number of aromatic hydroxyl groups is 1. The van der Waals surface area contributed by atoms with Crippen LogP contribution < -0.4 is 5.90 Å². The molecule has 4 heteroatoms. The molecule has 0 radical (unpaired) electrons. The van der Waals surface area contributed by atoms with Gasteiger partial charge in [-0.1, -0.05) is 0 Å². The van der Waals surface area contributed by atoms with Crippen molar-refractivity contribution >= 4 is 0 Å². The van der Waals surface area contributed by atoms with Gasteiger partial charge in [0.25, 0.3) is 0 Å². The molecule has 0 atom stereocenters. The van der Waals surface area contributed by atoms with E-state index in [0.29, 0.717) is 18.8 Å². The van der Waals surface area contributed by atoms with Crippen molar-refractivity contribution in [3.63, 3.8) is 0 Å². The molecular formula is C9H11NO3. The molecule has 4 nitrogen and oxygen atoms in total. The zero-order chi connectivity index (χ0) is 9.26. The molecule has 1 aromatic rings. The maximum absolute atomic E-state index is 9.51. The Balaban J connectivity index is 2.37. The van der Waals surface area contributed by atoms with Crippen LogP contribution in [0.1, 0.15) is 16.7 Å². The van der Waals surface area contributed by atoms with Gasteiger partial charge in [-0.2, -0.15) is 0 Å². The quantitative estimate of drug-likeness (QED) is 0.663. The molecule has 1 heterocycles. The minimum atomic E-state index is 0.217. The van der Waals surface area contributed by atoms with Gasteiger partial charge in [-0.3, -0.25) is 4.84 Å². The summed E-state index contributed by atoms with van der Waals surface area (Å²) in [5, 5.41) is 9.51. The predicted molar refractivity (Wildman–Crippen MR) is 45.6 cm³/mol. The molecule has 0 saturated carbocycles. The second-order valence-corrected chi connectivity index (χ2v) is 3.05. The Labute approximate surface area is 75.8 Å². The van der Waals surface area contributed by atoms with Crippen molar-refractivity contribution in [1.82, 2.24) is 0 Å². The summed E-state index contributed by atoms with van der Waals surface area (Å²) in [4.78, 5) is 4.47. The van der Waals surface area contributed by atoms with Crippen LogP contribution in [0, 0.1) is 0 Å². The fraction of sp³-hybridized carbons (Fsp3) is 0.333. The van der Waals surface area contributed by atoms with Crippen molar-refractivity contribution in [2.24, 2.45) is 5.90 Å². The number of hydrogen-bond acceptors (Lipinski definition) is 4. The first-order chi connectivity index (χ1) is 6.31. The van der Waals surface area contributed by atoms with Gasteiger partial charge in [0.1, 0.15) is 5.75 Å². The largest absolute Gasteiger partial charge is 0.508 e. The van der Waals surface area contributed by atoms with E-state index in [-0.39, 0.29) is 12.4 Å². The summed E-state index contributed by atoms with van der Waals surface area (Å²) in [6.45, 7) is 1.40. The Morgan fingerprint density at radius 3 is 2.77 bits per heavy atom. The van der Waals surface area contributed by atoms with E-state index in [1.54, 1.807) is 6.07 Å². The summed E-state index contributed by atoms with van der Waals surface area (Å²) < 4.78 is 5.22. The molecule has 70 valence electrons. The van der Waals surface area contributed by atoms with Gasteiger partial charge in [-0.05, 0) is 23.3 Å². The van der Waals surface area contributed by atoms with Crippen molar-refractivity contribution in [2.75, 3.05) is 0 Å². The fourth-order valence-electron chi connectivity index (χ4n) is 1.47. The Hall–Kier alpha value is -1.10. The lowest BCUT2D eigenvalue weighted by Crippen LogP contribution is -2.00. The zero-order valence-electron chi connectivity index (χ0n) is 7.12. The first kappa shape index (κ1) is 8.50. The topological polar surface area (TPSA) is 64.7 Å². The molecule has 0 amide bonds. The van der Waals surface area contributed by atoms with Gasteiger partial charge in [0, 0.05) is 5.56 Å². The summed E-state index contributed by atoms with van der Waals surface area (Å²) in [5.74, 6) is 5.15. The number of ether oxygens (including phenoxy) is 1. The second-order valence-electron chi connectivity index (χ2n) is 3.05. The molecule has 0 aromatic heterocycles. The van der Waals surface area contributed by atoms with Crippen molar-refractivity contribution in [3.05, 3.63) is 28.8 Å². The van der Waals surface area contributed by atoms with Gasteiger partial charge >= 0.3 is 0 Å². The zero-order valence-corrected chi connectivity index (χ0v) is 7.12. The predicted octanol–water partition coefficient (Wildman–Crippen LogP) is 0.813. The van der Waals surface area contributed by atoms with Gasteiger partial charge < -0.3 is 9.84 Å². The van der Waals surface area contributed by atoms with Gasteiger partial charge in [-0.25, -0.2) is 5.90 Å². The monoisotopic (exact) mass is 181 g/mol. The highest BCUT2D eigenvalue weighted by atomic mass is 16.6. The third-order valence-corrected chi connectivity index (χ3v) is 2.15. The van der Waals surface area contributed by atoms with E-state index in [1.165, 1.54) is 0 Å². The van der Waals surface area contributed by atoms with E-state index in [1.807, 2.05) is 6.07 Å². The summed E-state index contributed by atoms with van der Waals surface area (Å²) in [7, 11) is 0. The SMILES string of the molecule is NOCc1cc2c(cc1O)COC2. The number of rotatable bonds is 2. The van der Waals surface area contributed by atoms with Gasteiger partial charge in [-0.15, -0.1) is 0 Å². The summed E-state index contributed by atoms with van der Waals surface area (Å²) >= 11 is 0. The number of phenols is 1. The van der Waals surface area contributed by atoms with Crippen molar-refractivity contribution < 1.29 is 14.7 Å². The van der Waals surface area contributed by atoms with Crippen LogP contribution in [0.2, 0.25) is 0 Å². The highest BCUT2D eigenvalue weighted by Gasteiger charge is 2.14. The Morgan fingerprint density at radius 1 is 1.38 bits per heavy atom. The number of benzene rings is 1. The van der Waals surface area contributed by atoms with Gasteiger partial charge in [0.15, 0.2) is 0 Å². The third-order valence-electron chi connectivity index (χ3n) is 2.15. The first-order valence-electron chi connectivity index (χ1n) is 4.04. The first-order valence-corrected chi connectivity index (χ1v) is 4.04.